The number of carbonyl (C=O) groups is 1. The fourth-order valence-electron chi connectivity index (χ4n) is 2.54. The van der Waals surface area contributed by atoms with Crippen LogP contribution < -0.4 is 4.74 Å². The van der Waals surface area contributed by atoms with Gasteiger partial charge in [0.25, 0.3) is 0 Å². The molecule has 0 bridgehead atoms. The number of carboxylic acid groups (broad SMARTS) is 1. The largest absolute Gasteiger partial charge is 0.478 e. The van der Waals surface area contributed by atoms with Crippen molar-refractivity contribution in [2.45, 2.75) is 64.4 Å². The SMILES string of the molecule is CC(C)c1cc(C(=O)O)cc(OC2CCCCCC2)n1. The summed E-state index contributed by atoms with van der Waals surface area (Å²) in [5.41, 5.74) is 1.03. The summed E-state index contributed by atoms with van der Waals surface area (Å²) >= 11 is 0. The van der Waals surface area contributed by atoms with Gasteiger partial charge in [-0.05, 0) is 37.7 Å². The van der Waals surface area contributed by atoms with Gasteiger partial charge in [-0.25, -0.2) is 9.78 Å². The summed E-state index contributed by atoms with van der Waals surface area (Å²) in [7, 11) is 0. The second-order valence-electron chi connectivity index (χ2n) is 5.81. The second-order valence-corrected chi connectivity index (χ2v) is 5.81. The van der Waals surface area contributed by atoms with Crippen LogP contribution in [0.4, 0.5) is 0 Å². The van der Waals surface area contributed by atoms with Gasteiger partial charge in [0.15, 0.2) is 0 Å². The number of carboxylic acids is 1. The van der Waals surface area contributed by atoms with Crippen molar-refractivity contribution in [3.05, 3.63) is 23.4 Å². The summed E-state index contributed by atoms with van der Waals surface area (Å²) in [4.78, 5) is 15.6. The lowest BCUT2D eigenvalue weighted by atomic mass is 10.1. The van der Waals surface area contributed by atoms with E-state index in [9.17, 15) is 9.90 Å². The Morgan fingerprint density at radius 2 is 1.90 bits per heavy atom. The van der Waals surface area contributed by atoms with Crippen molar-refractivity contribution in [2.75, 3.05) is 0 Å². The van der Waals surface area contributed by atoms with Crippen LogP contribution in [0, 0.1) is 0 Å². The molecule has 0 saturated heterocycles. The van der Waals surface area contributed by atoms with Gasteiger partial charge in [0.1, 0.15) is 6.10 Å². The molecule has 0 unspecified atom stereocenters. The van der Waals surface area contributed by atoms with E-state index in [4.69, 9.17) is 4.74 Å². The predicted octanol–water partition coefficient (Wildman–Crippen LogP) is 4.00. The van der Waals surface area contributed by atoms with Crippen molar-refractivity contribution in [1.82, 2.24) is 4.98 Å². The molecule has 20 heavy (non-hydrogen) atoms. The van der Waals surface area contributed by atoms with E-state index in [2.05, 4.69) is 4.98 Å². The Morgan fingerprint density at radius 3 is 2.45 bits per heavy atom. The fourth-order valence-corrected chi connectivity index (χ4v) is 2.54. The minimum atomic E-state index is -0.931. The van der Waals surface area contributed by atoms with E-state index in [1.54, 1.807) is 12.1 Å². The lowest BCUT2D eigenvalue weighted by Gasteiger charge is -2.17. The summed E-state index contributed by atoms with van der Waals surface area (Å²) in [5.74, 6) is -0.286. The summed E-state index contributed by atoms with van der Waals surface area (Å²) in [6.07, 6.45) is 7.14. The van der Waals surface area contributed by atoms with Crippen LogP contribution in [0.15, 0.2) is 12.1 Å². The third-order valence-electron chi connectivity index (χ3n) is 3.75. The van der Waals surface area contributed by atoms with Gasteiger partial charge in [0.05, 0.1) is 5.56 Å². The molecule has 2 rings (SSSR count). The van der Waals surface area contributed by atoms with Crippen molar-refractivity contribution in [3.63, 3.8) is 0 Å². The monoisotopic (exact) mass is 277 g/mol. The van der Waals surface area contributed by atoms with Crippen molar-refractivity contribution in [1.29, 1.82) is 0 Å². The van der Waals surface area contributed by atoms with Crippen LogP contribution in [0.5, 0.6) is 5.88 Å². The molecule has 4 nitrogen and oxygen atoms in total. The van der Waals surface area contributed by atoms with E-state index >= 15 is 0 Å². The Morgan fingerprint density at radius 1 is 1.25 bits per heavy atom. The van der Waals surface area contributed by atoms with Gasteiger partial charge in [-0.2, -0.15) is 0 Å². The summed E-state index contributed by atoms with van der Waals surface area (Å²) in [5, 5.41) is 9.18. The highest BCUT2D eigenvalue weighted by atomic mass is 16.5. The Hall–Kier alpha value is -1.58. The first-order valence-electron chi connectivity index (χ1n) is 7.48. The molecule has 1 aliphatic rings. The zero-order valence-electron chi connectivity index (χ0n) is 12.3. The van der Waals surface area contributed by atoms with Crippen molar-refractivity contribution in [3.8, 4) is 5.88 Å². The molecule has 1 aromatic heterocycles. The van der Waals surface area contributed by atoms with Crippen LogP contribution in [-0.4, -0.2) is 22.2 Å². The highest BCUT2D eigenvalue weighted by molar-refractivity contribution is 5.88. The number of aromatic nitrogens is 1. The van der Waals surface area contributed by atoms with E-state index in [0.29, 0.717) is 5.88 Å². The number of rotatable bonds is 4. The molecule has 0 atom stereocenters. The molecule has 1 aromatic rings. The Labute approximate surface area is 120 Å². The van der Waals surface area contributed by atoms with Gasteiger partial charge in [0, 0.05) is 11.8 Å². The number of nitrogens with zero attached hydrogens (tertiary/aromatic N) is 1. The van der Waals surface area contributed by atoms with Crippen LogP contribution in [-0.2, 0) is 0 Å². The molecule has 0 amide bonds. The average molecular weight is 277 g/mol. The Bertz CT molecular complexity index is 463. The van der Waals surface area contributed by atoms with Crippen molar-refractivity contribution < 1.29 is 14.6 Å². The molecule has 0 aromatic carbocycles. The first-order chi connectivity index (χ1) is 9.56. The minimum Gasteiger partial charge on any atom is -0.478 e. The van der Waals surface area contributed by atoms with Gasteiger partial charge in [-0.1, -0.05) is 26.7 Å². The number of ether oxygens (including phenoxy) is 1. The average Bonchev–Trinajstić information content (AvgIpc) is 2.67. The topological polar surface area (TPSA) is 59.4 Å². The number of aromatic carboxylic acids is 1. The van der Waals surface area contributed by atoms with E-state index in [1.165, 1.54) is 25.7 Å². The fraction of sp³-hybridized carbons (Fsp3) is 0.625. The van der Waals surface area contributed by atoms with E-state index in [-0.39, 0.29) is 17.6 Å². The molecular weight excluding hydrogens is 254 g/mol. The van der Waals surface area contributed by atoms with Crippen molar-refractivity contribution in [2.24, 2.45) is 0 Å². The maximum absolute atomic E-state index is 11.2. The molecule has 0 aliphatic heterocycles. The van der Waals surface area contributed by atoms with Gasteiger partial charge < -0.3 is 9.84 Å². The second kappa shape index (κ2) is 6.73. The molecule has 0 radical (unpaired) electrons. The standard InChI is InChI=1S/C16H23NO3/c1-11(2)14-9-12(16(18)19)10-15(17-14)20-13-7-5-3-4-6-8-13/h9-11,13H,3-8H2,1-2H3,(H,18,19). The molecule has 110 valence electrons. The minimum absolute atomic E-state index is 0.175. The molecular formula is C16H23NO3. The Kier molecular flexibility index (Phi) is 4.99. The van der Waals surface area contributed by atoms with E-state index in [0.717, 1.165) is 18.5 Å². The summed E-state index contributed by atoms with van der Waals surface area (Å²) in [6.45, 7) is 4.01. The molecule has 0 spiro atoms. The molecule has 1 aliphatic carbocycles. The van der Waals surface area contributed by atoms with E-state index < -0.39 is 5.97 Å². The molecule has 4 heteroatoms. The molecule has 1 heterocycles. The maximum Gasteiger partial charge on any atom is 0.335 e. The molecule has 1 N–H and O–H groups in total. The number of hydrogen-bond acceptors (Lipinski definition) is 3. The summed E-state index contributed by atoms with van der Waals surface area (Å²) in [6, 6.07) is 3.17. The van der Waals surface area contributed by atoms with Gasteiger partial charge in [0.2, 0.25) is 5.88 Å². The van der Waals surface area contributed by atoms with Gasteiger partial charge in [-0.3, -0.25) is 0 Å². The molecule has 1 saturated carbocycles. The van der Waals surface area contributed by atoms with Gasteiger partial charge >= 0.3 is 5.97 Å². The van der Waals surface area contributed by atoms with Crippen LogP contribution in [0.3, 0.4) is 0 Å². The lowest BCUT2D eigenvalue weighted by Crippen LogP contribution is -2.17. The smallest absolute Gasteiger partial charge is 0.335 e. The quantitative estimate of drug-likeness (QED) is 0.845. The first-order valence-corrected chi connectivity index (χ1v) is 7.48. The zero-order valence-corrected chi connectivity index (χ0v) is 12.3. The first kappa shape index (κ1) is 14.8. The predicted molar refractivity (Wildman–Crippen MR) is 77.4 cm³/mol. The maximum atomic E-state index is 11.2. The van der Waals surface area contributed by atoms with E-state index in [1.807, 2.05) is 13.8 Å². The van der Waals surface area contributed by atoms with Crippen LogP contribution >= 0.6 is 0 Å². The lowest BCUT2D eigenvalue weighted by molar-refractivity contribution is 0.0695. The summed E-state index contributed by atoms with van der Waals surface area (Å²) < 4.78 is 5.94. The Balaban J connectivity index is 2.18. The van der Waals surface area contributed by atoms with Crippen LogP contribution in [0.1, 0.15) is 74.3 Å². The van der Waals surface area contributed by atoms with Crippen LogP contribution in [0.2, 0.25) is 0 Å². The van der Waals surface area contributed by atoms with Gasteiger partial charge in [-0.15, -0.1) is 0 Å². The highest BCUT2D eigenvalue weighted by Gasteiger charge is 2.17. The normalized spacial score (nSPS) is 16.9. The number of hydrogen-bond donors (Lipinski definition) is 1. The highest BCUT2D eigenvalue weighted by Crippen LogP contribution is 2.24. The number of pyridine rings is 1. The van der Waals surface area contributed by atoms with Crippen molar-refractivity contribution >= 4 is 5.97 Å². The van der Waals surface area contributed by atoms with Crippen LogP contribution in [0.25, 0.3) is 0 Å². The third-order valence-corrected chi connectivity index (χ3v) is 3.75. The zero-order chi connectivity index (χ0) is 14.5. The third kappa shape index (κ3) is 3.95. The molecule has 1 fully saturated rings.